The summed E-state index contributed by atoms with van der Waals surface area (Å²) in [7, 11) is -1.23. The maximum atomic E-state index is 13.5. The van der Waals surface area contributed by atoms with Crippen molar-refractivity contribution in [2.75, 3.05) is 25.1 Å². The zero-order valence-corrected chi connectivity index (χ0v) is 19.6. The van der Waals surface area contributed by atoms with E-state index < -0.39 is 22.5 Å². The fraction of sp³-hybridized carbons (Fsp3) is 0.174. The van der Waals surface area contributed by atoms with Crippen molar-refractivity contribution in [2.24, 2.45) is 0 Å². The first-order chi connectivity index (χ1) is 15.2. The van der Waals surface area contributed by atoms with E-state index in [4.69, 9.17) is 21.1 Å². The van der Waals surface area contributed by atoms with Gasteiger partial charge in [-0.1, -0.05) is 42.5 Å². The minimum Gasteiger partial charge on any atom is -0.497 e. The fourth-order valence-corrected chi connectivity index (χ4v) is 4.22. The molecule has 0 saturated carbocycles. The molecule has 0 atom stereocenters. The van der Waals surface area contributed by atoms with Crippen LogP contribution in [0.25, 0.3) is 0 Å². The molecular formula is C23H25ClN2O5S. The molecule has 32 heavy (non-hydrogen) atoms. The highest BCUT2D eigenvalue weighted by molar-refractivity contribution is 7.92. The number of nitrogens with one attached hydrogen (secondary N) is 1. The van der Waals surface area contributed by atoms with Gasteiger partial charge in [-0.25, -0.2) is 8.42 Å². The van der Waals surface area contributed by atoms with Crippen LogP contribution in [0, 0.1) is 0 Å². The predicted molar refractivity (Wildman–Crippen MR) is 127 cm³/mol. The molecule has 0 radical (unpaired) electrons. The van der Waals surface area contributed by atoms with Crippen LogP contribution in [0.5, 0.6) is 11.5 Å². The van der Waals surface area contributed by atoms with E-state index >= 15 is 0 Å². The molecule has 1 amide bonds. The molecule has 0 aromatic heterocycles. The van der Waals surface area contributed by atoms with Crippen molar-refractivity contribution in [1.29, 1.82) is 0 Å². The summed E-state index contributed by atoms with van der Waals surface area (Å²) in [4.78, 5) is 12.8. The quantitative estimate of drug-likeness (QED) is 0.519. The van der Waals surface area contributed by atoms with Crippen LogP contribution in [-0.4, -0.2) is 35.1 Å². The van der Waals surface area contributed by atoms with E-state index in [2.05, 4.69) is 11.9 Å². The molecule has 2 aromatic carbocycles. The molecule has 170 valence electrons. The molecule has 1 N–H and O–H groups in total. The van der Waals surface area contributed by atoms with Crippen molar-refractivity contribution in [3.8, 4) is 11.5 Å². The van der Waals surface area contributed by atoms with Crippen LogP contribution in [0.15, 0.2) is 89.0 Å². The molecule has 0 fully saturated rings. The lowest BCUT2D eigenvalue weighted by molar-refractivity contribution is -0.118. The number of hydrogen-bond acceptors (Lipinski definition) is 5. The first-order valence-corrected chi connectivity index (χ1v) is 11.3. The number of benzene rings is 2. The van der Waals surface area contributed by atoms with Gasteiger partial charge in [-0.2, -0.15) is 0 Å². The Labute approximate surface area is 193 Å². The zero-order valence-electron chi connectivity index (χ0n) is 18.0. The van der Waals surface area contributed by atoms with Gasteiger partial charge in [0.05, 0.1) is 24.8 Å². The third-order valence-electron chi connectivity index (χ3n) is 4.20. The molecule has 0 heterocycles. The maximum Gasteiger partial charge on any atom is 0.264 e. The minimum atomic E-state index is -4.11. The Hall–Kier alpha value is -3.23. The molecule has 2 aromatic rings. The summed E-state index contributed by atoms with van der Waals surface area (Å²) in [5.41, 5.74) is 0.437. The third kappa shape index (κ3) is 6.63. The Morgan fingerprint density at radius 3 is 2.44 bits per heavy atom. The van der Waals surface area contributed by atoms with Gasteiger partial charge in [0.15, 0.2) is 0 Å². The molecular weight excluding hydrogens is 452 g/mol. The van der Waals surface area contributed by atoms with Gasteiger partial charge in [0, 0.05) is 16.8 Å². The summed E-state index contributed by atoms with van der Waals surface area (Å²) < 4.78 is 38.5. The molecule has 2 rings (SSSR count). The van der Waals surface area contributed by atoms with Gasteiger partial charge in [0.2, 0.25) is 5.91 Å². The standard InChI is InChI=1S/C23H25ClN2O5S/c1-17(24)9-8-10-18(2)25-23(27)16-26(32(28,29)20-11-6-5-7-12-20)21-15-19(30-3)13-14-22(21)31-4/h5-15H,2,16H2,1,3-4H3,(H,25,27)/b10-8-,17-9+. The summed E-state index contributed by atoms with van der Waals surface area (Å²) in [6.45, 7) is 4.94. The smallest absolute Gasteiger partial charge is 0.264 e. The number of nitrogens with zero attached hydrogens (tertiary/aromatic N) is 1. The van der Waals surface area contributed by atoms with Gasteiger partial charge in [0.25, 0.3) is 10.0 Å². The number of amides is 1. The molecule has 0 aliphatic carbocycles. The van der Waals surface area contributed by atoms with Gasteiger partial charge in [-0.15, -0.1) is 0 Å². The third-order valence-corrected chi connectivity index (χ3v) is 6.10. The van der Waals surface area contributed by atoms with Crippen molar-refractivity contribution in [3.63, 3.8) is 0 Å². The van der Waals surface area contributed by atoms with E-state index in [-0.39, 0.29) is 22.0 Å². The number of sulfonamides is 1. The van der Waals surface area contributed by atoms with Crippen molar-refractivity contribution >= 4 is 33.2 Å². The topological polar surface area (TPSA) is 84.9 Å². The Morgan fingerprint density at radius 2 is 1.84 bits per heavy atom. The van der Waals surface area contributed by atoms with Crippen LogP contribution in [0.4, 0.5) is 5.69 Å². The minimum absolute atomic E-state index is 0.0270. The number of methoxy groups -OCH3 is 2. The summed E-state index contributed by atoms with van der Waals surface area (Å²) >= 11 is 5.76. The molecule has 0 unspecified atom stereocenters. The van der Waals surface area contributed by atoms with Crippen molar-refractivity contribution in [2.45, 2.75) is 11.8 Å². The highest BCUT2D eigenvalue weighted by Crippen LogP contribution is 2.35. The number of ether oxygens (including phenoxy) is 2. The highest BCUT2D eigenvalue weighted by atomic mass is 35.5. The lowest BCUT2D eigenvalue weighted by atomic mass is 10.2. The van der Waals surface area contributed by atoms with Gasteiger partial charge in [0.1, 0.15) is 18.0 Å². The molecule has 0 aliphatic rings. The normalized spacial score (nSPS) is 11.8. The molecule has 0 saturated heterocycles. The van der Waals surface area contributed by atoms with Gasteiger partial charge >= 0.3 is 0 Å². The number of carbonyl (C=O) groups excluding carboxylic acids is 1. The van der Waals surface area contributed by atoms with Crippen LogP contribution in [0.3, 0.4) is 0 Å². The molecule has 9 heteroatoms. The monoisotopic (exact) mass is 476 g/mol. The molecule has 7 nitrogen and oxygen atoms in total. The SMILES string of the molecule is C=C(/C=C\C=C(/C)Cl)NC(=O)CN(c1cc(OC)ccc1OC)S(=O)(=O)c1ccccc1. The van der Waals surface area contributed by atoms with Gasteiger partial charge in [-0.3, -0.25) is 9.10 Å². The first kappa shape index (κ1) is 25.0. The van der Waals surface area contributed by atoms with E-state index in [0.29, 0.717) is 10.8 Å². The van der Waals surface area contributed by atoms with Crippen LogP contribution >= 0.6 is 11.6 Å². The molecule has 0 spiro atoms. The highest BCUT2D eigenvalue weighted by Gasteiger charge is 2.29. The molecule has 0 aliphatic heterocycles. The number of hydrogen-bond donors (Lipinski definition) is 1. The predicted octanol–water partition coefficient (Wildman–Crippen LogP) is 4.23. The van der Waals surface area contributed by atoms with E-state index in [1.165, 1.54) is 32.4 Å². The van der Waals surface area contributed by atoms with E-state index in [1.807, 2.05) is 0 Å². The van der Waals surface area contributed by atoms with Crippen molar-refractivity contribution < 1.29 is 22.7 Å². The fourth-order valence-electron chi connectivity index (χ4n) is 2.70. The first-order valence-electron chi connectivity index (χ1n) is 9.48. The zero-order chi connectivity index (χ0) is 23.7. The van der Waals surface area contributed by atoms with E-state index in [0.717, 1.165) is 4.31 Å². The van der Waals surface area contributed by atoms with Crippen LogP contribution in [0.1, 0.15) is 6.92 Å². The Balaban J connectivity index is 2.44. The largest absolute Gasteiger partial charge is 0.497 e. The number of rotatable bonds is 10. The Morgan fingerprint density at radius 1 is 1.16 bits per heavy atom. The maximum absolute atomic E-state index is 13.5. The Bertz CT molecular complexity index is 1120. The van der Waals surface area contributed by atoms with Crippen LogP contribution in [-0.2, 0) is 14.8 Å². The second-order valence-corrected chi connectivity index (χ2v) is 9.01. The van der Waals surface area contributed by atoms with E-state index in [9.17, 15) is 13.2 Å². The summed E-state index contributed by atoms with van der Waals surface area (Å²) in [5.74, 6) is 0.0835. The van der Waals surface area contributed by atoms with Gasteiger partial charge < -0.3 is 14.8 Å². The van der Waals surface area contributed by atoms with Gasteiger partial charge in [-0.05, 0) is 43.3 Å². The lowest BCUT2D eigenvalue weighted by Gasteiger charge is -2.26. The average Bonchev–Trinajstić information content (AvgIpc) is 2.77. The van der Waals surface area contributed by atoms with Crippen LogP contribution < -0.4 is 19.1 Å². The average molecular weight is 477 g/mol. The summed E-state index contributed by atoms with van der Waals surface area (Å²) in [5, 5.41) is 3.13. The lowest BCUT2D eigenvalue weighted by Crippen LogP contribution is -2.40. The Kier molecular flexibility index (Phi) is 8.92. The number of allylic oxidation sites excluding steroid dienone is 4. The van der Waals surface area contributed by atoms with Crippen LogP contribution in [0.2, 0.25) is 0 Å². The second-order valence-electron chi connectivity index (χ2n) is 6.55. The number of halogens is 1. The summed E-state index contributed by atoms with van der Waals surface area (Å²) in [6.07, 6.45) is 4.80. The second kappa shape index (κ2) is 11.4. The summed E-state index contributed by atoms with van der Waals surface area (Å²) in [6, 6.07) is 12.5. The van der Waals surface area contributed by atoms with Crippen molar-refractivity contribution in [1.82, 2.24) is 5.32 Å². The number of anilines is 1. The molecule has 0 bridgehead atoms. The van der Waals surface area contributed by atoms with Crippen molar-refractivity contribution in [3.05, 3.63) is 84.1 Å². The number of carbonyl (C=O) groups is 1. The van der Waals surface area contributed by atoms with E-state index in [1.54, 1.807) is 55.5 Å².